The number of carbonyl (C=O) groups is 1. The van der Waals surface area contributed by atoms with Gasteiger partial charge in [0.1, 0.15) is 0 Å². The third kappa shape index (κ3) is 3.48. The highest BCUT2D eigenvalue weighted by Gasteiger charge is 2.42. The number of halogens is 3. The van der Waals surface area contributed by atoms with Crippen LogP contribution in [-0.4, -0.2) is 27.9 Å². The van der Waals surface area contributed by atoms with Gasteiger partial charge in [0, 0.05) is 19.3 Å². The van der Waals surface area contributed by atoms with E-state index in [2.05, 4.69) is 10.4 Å². The van der Waals surface area contributed by atoms with E-state index in [4.69, 9.17) is 0 Å². The summed E-state index contributed by atoms with van der Waals surface area (Å²) in [5.41, 5.74) is 0.372. The number of hydrogen-bond acceptors (Lipinski definition) is 2. The summed E-state index contributed by atoms with van der Waals surface area (Å²) in [7, 11) is 1.68. The first-order chi connectivity index (χ1) is 8.86. The highest BCUT2D eigenvalue weighted by molar-refractivity contribution is 5.93. The lowest BCUT2D eigenvalue weighted by molar-refractivity contribution is -0.183. The summed E-state index contributed by atoms with van der Waals surface area (Å²) < 4.78 is 39.4. The van der Waals surface area contributed by atoms with Gasteiger partial charge in [-0.05, 0) is 19.3 Å². The lowest BCUT2D eigenvalue weighted by Gasteiger charge is -2.30. The van der Waals surface area contributed by atoms with E-state index in [1.807, 2.05) is 0 Å². The topological polar surface area (TPSA) is 46.9 Å². The zero-order valence-electron chi connectivity index (χ0n) is 10.6. The van der Waals surface area contributed by atoms with Crippen molar-refractivity contribution in [2.45, 2.75) is 37.9 Å². The molecular weight excluding hydrogens is 259 g/mol. The van der Waals surface area contributed by atoms with E-state index in [-0.39, 0.29) is 18.7 Å². The summed E-state index contributed by atoms with van der Waals surface area (Å²) in [5, 5.41) is 6.52. The number of hydrogen-bond donors (Lipinski definition) is 1. The van der Waals surface area contributed by atoms with Crippen LogP contribution in [-0.2, 0) is 7.05 Å². The maximum atomic E-state index is 12.7. The Bertz CT molecular complexity index is 455. The molecule has 1 saturated carbocycles. The van der Waals surface area contributed by atoms with E-state index in [0.717, 1.165) is 0 Å². The van der Waals surface area contributed by atoms with Crippen LogP contribution in [0.4, 0.5) is 13.2 Å². The maximum Gasteiger partial charge on any atom is 0.391 e. The minimum Gasteiger partial charge on any atom is -0.349 e. The molecule has 1 fully saturated rings. The molecule has 0 spiro atoms. The molecule has 1 heterocycles. The molecule has 1 N–H and O–H groups in total. The van der Waals surface area contributed by atoms with Crippen molar-refractivity contribution in [3.63, 3.8) is 0 Å². The van der Waals surface area contributed by atoms with Gasteiger partial charge in [-0.1, -0.05) is 6.42 Å². The van der Waals surface area contributed by atoms with Crippen molar-refractivity contribution in [1.29, 1.82) is 0 Å². The predicted molar refractivity (Wildman–Crippen MR) is 62.5 cm³/mol. The van der Waals surface area contributed by atoms with Gasteiger partial charge in [-0.15, -0.1) is 0 Å². The number of nitrogens with zero attached hydrogens (tertiary/aromatic N) is 2. The fourth-order valence-corrected chi connectivity index (χ4v) is 2.43. The van der Waals surface area contributed by atoms with Gasteiger partial charge < -0.3 is 5.32 Å². The molecule has 1 aromatic rings. The summed E-state index contributed by atoms with van der Waals surface area (Å²) in [5.74, 6) is -1.67. The largest absolute Gasteiger partial charge is 0.391 e. The fraction of sp³-hybridized carbons (Fsp3) is 0.667. The summed E-state index contributed by atoms with van der Waals surface area (Å²) in [6.07, 6.45) is -0.0183. The SMILES string of the molecule is Cn1cc(C(=O)NC2CCCC(C(F)(F)F)C2)cn1. The zero-order valence-corrected chi connectivity index (χ0v) is 10.6. The van der Waals surface area contributed by atoms with Gasteiger partial charge >= 0.3 is 6.18 Å². The summed E-state index contributed by atoms with van der Waals surface area (Å²) in [6, 6.07) is -0.409. The van der Waals surface area contributed by atoms with E-state index < -0.39 is 18.1 Å². The van der Waals surface area contributed by atoms with Crippen molar-refractivity contribution in [1.82, 2.24) is 15.1 Å². The van der Waals surface area contributed by atoms with E-state index in [0.29, 0.717) is 18.4 Å². The molecule has 1 aromatic heterocycles. The van der Waals surface area contributed by atoms with Crippen molar-refractivity contribution < 1.29 is 18.0 Å². The minimum absolute atomic E-state index is 0.0322. The van der Waals surface area contributed by atoms with Gasteiger partial charge in [0.15, 0.2) is 0 Å². The predicted octanol–water partition coefficient (Wildman–Crippen LogP) is 2.27. The van der Waals surface area contributed by atoms with Crippen LogP contribution in [0.2, 0.25) is 0 Å². The number of amides is 1. The normalized spacial score (nSPS) is 24.2. The number of carbonyl (C=O) groups excluding carboxylic acids is 1. The molecule has 4 nitrogen and oxygen atoms in total. The molecule has 2 atom stereocenters. The van der Waals surface area contributed by atoms with Crippen LogP contribution in [0, 0.1) is 5.92 Å². The molecule has 106 valence electrons. The van der Waals surface area contributed by atoms with Crippen LogP contribution in [0.5, 0.6) is 0 Å². The zero-order chi connectivity index (χ0) is 14.0. The first-order valence-corrected chi connectivity index (χ1v) is 6.22. The molecule has 0 aliphatic heterocycles. The molecule has 0 bridgehead atoms. The third-order valence-corrected chi connectivity index (χ3v) is 3.44. The van der Waals surface area contributed by atoms with Gasteiger partial charge in [0.05, 0.1) is 17.7 Å². The quantitative estimate of drug-likeness (QED) is 0.900. The number of nitrogens with one attached hydrogen (secondary N) is 1. The average molecular weight is 275 g/mol. The number of rotatable bonds is 2. The van der Waals surface area contributed by atoms with Gasteiger partial charge in [-0.3, -0.25) is 9.48 Å². The third-order valence-electron chi connectivity index (χ3n) is 3.44. The molecule has 1 amide bonds. The first-order valence-electron chi connectivity index (χ1n) is 6.22. The molecule has 0 saturated heterocycles. The maximum absolute atomic E-state index is 12.7. The Hall–Kier alpha value is -1.53. The number of aryl methyl sites for hydroxylation is 1. The average Bonchev–Trinajstić information content (AvgIpc) is 2.75. The molecule has 2 rings (SSSR count). The van der Waals surface area contributed by atoms with Crippen LogP contribution in [0.1, 0.15) is 36.0 Å². The van der Waals surface area contributed by atoms with Gasteiger partial charge in [-0.2, -0.15) is 18.3 Å². The molecule has 2 unspecified atom stereocenters. The Morgan fingerprint density at radius 1 is 1.47 bits per heavy atom. The van der Waals surface area contributed by atoms with Crippen LogP contribution in [0.3, 0.4) is 0 Å². The van der Waals surface area contributed by atoms with Crippen LogP contribution in [0.25, 0.3) is 0 Å². The molecule has 1 aliphatic rings. The molecular formula is C12H16F3N3O. The van der Waals surface area contributed by atoms with Gasteiger partial charge in [0.2, 0.25) is 0 Å². The van der Waals surface area contributed by atoms with Crippen LogP contribution >= 0.6 is 0 Å². The monoisotopic (exact) mass is 275 g/mol. The van der Waals surface area contributed by atoms with E-state index >= 15 is 0 Å². The highest BCUT2D eigenvalue weighted by atomic mass is 19.4. The van der Waals surface area contributed by atoms with Crippen molar-refractivity contribution in [3.05, 3.63) is 18.0 Å². The van der Waals surface area contributed by atoms with Crippen molar-refractivity contribution in [3.8, 4) is 0 Å². The Kier molecular flexibility index (Phi) is 3.82. The number of aromatic nitrogens is 2. The molecule has 0 aromatic carbocycles. The molecule has 0 radical (unpaired) electrons. The van der Waals surface area contributed by atoms with Gasteiger partial charge in [0.25, 0.3) is 5.91 Å². The second-order valence-corrected chi connectivity index (χ2v) is 4.98. The second kappa shape index (κ2) is 5.22. The highest BCUT2D eigenvalue weighted by Crippen LogP contribution is 2.37. The van der Waals surface area contributed by atoms with Crippen molar-refractivity contribution in [2.24, 2.45) is 13.0 Å². The van der Waals surface area contributed by atoms with E-state index in [1.54, 1.807) is 13.2 Å². The molecule has 1 aliphatic carbocycles. The smallest absolute Gasteiger partial charge is 0.349 e. The minimum atomic E-state index is -4.17. The summed E-state index contributed by atoms with van der Waals surface area (Å²) >= 11 is 0. The molecule has 19 heavy (non-hydrogen) atoms. The number of alkyl halides is 3. The van der Waals surface area contributed by atoms with E-state index in [9.17, 15) is 18.0 Å². The van der Waals surface area contributed by atoms with Gasteiger partial charge in [-0.25, -0.2) is 0 Å². The Balaban J connectivity index is 1.94. The lowest BCUT2D eigenvalue weighted by Crippen LogP contribution is -2.41. The lowest BCUT2D eigenvalue weighted by atomic mass is 9.85. The fourth-order valence-electron chi connectivity index (χ4n) is 2.43. The van der Waals surface area contributed by atoms with Crippen molar-refractivity contribution in [2.75, 3.05) is 0 Å². The second-order valence-electron chi connectivity index (χ2n) is 4.98. The van der Waals surface area contributed by atoms with Crippen LogP contribution < -0.4 is 5.32 Å². The molecule has 7 heteroatoms. The van der Waals surface area contributed by atoms with Crippen molar-refractivity contribution >= 4 is 5.91 Å². The van der Waals surface area contributed by atoms with E-state index in [1.165, 1.54) is 10.9 Å². The first kappa shape index (κ1) is 13.9. The Morgan fingerprint density at radius 3 is 2.79 bits per heavy atom. The standard InChI is InChI=1S/C12H16F3N3O/c1-18-7-8(6-16-18)11(19)17-10-4-2-3-9(5-10)12(13,14)15/h6-7,9-10H,2-5H2,1H3,(H,17,19). The Morgan fingerprint density at radius 2 is 2.21 bits per heavy atom. The summed E-state index contributed by atoms with van der Waals surface area (Å²) in [4.78, 5) is 11.8. The van der Waals surface area contributed by atoms with Crippen LogP contribution in [0.15, 0.2) is 12.4 Å². The summed E-state index contributed by atoms with van der Waals surface area (Å²) in [6.45, 7) is 0. The Labute approximate surface area is 109 Å².